The minimum atomic E-state index is -4.59. The third-order valence-corrected chi connectivity index (χ3v) is 3.32. The van der Waals surface area contributed by atoms with Gasteiger partial charge in [0.2, 0.25) is 0 Å². The summed E-state index contributed by atoms with van der Waals surface area (Å²) in [6.45, 7) is -0.454. The molecule has 3 rings (SSSR count). The van der Waals surface area contributed by atoms with Crippen LogP contribution in [0.25, 0.3) is 10.9 Å². The lowest BCUT2D eigenvalue weighted by atomic mass is 10.1. The topological polar surface area (TPSA) is 17.8 Å². The predicted octanol–water partition coefficient (Wildman–Crippen LogP) is 4.52. The van der Waals surface area contributed by atoms with Crippen molar-refractivity contribution >= 4 is 10.9 Å². The Morgan fingerprint density at radius 1 is 1.00 bits per heavy atom. The van der Waals surface area contributed by atoms with Gasteiger partial charge in [0, 0.05) is 29.3 Å². The molecule has 8 heteroatoms. The van der Waals surface area contributed by atoms with Crippen molar-refractivity contribution in [1.29, 1.82) is 0 Å². The Morgan fingerprint density at radius 3 is 2.26 bits per heavy atom. The number of rotatable bonds is 2. The molecule has 120 valence electrons. The Balaban J connectivity index is 2.06. The van der Waals surface area contributed by atoms with Gasteiger partial charge in [0.25, 0.3) is 0 Å². The van der Waals surface area contributed by atoms with E-state index in [4.69, 9.17) is 0 Å². The van der Waals surface area contributed by atoms with E-state index in [0.29, 0.717) is 12.1 Å². The average Bonchev–Trinajstić information content (AvgIpc) is 2.83. The highest BCUT2D eigenvalue weighted by Crippen LogP contribution is 2.34. The maximum atomic E-state index is 13.6. The van der Waals surface area contributed by atoms with Crippen molar-refractivity contribution in [3.8, 4) is 0 Å². The predicted molar refractivity (Wildman–Crippen MR) is 70.2 cm³/mol. The maximum Gasteiger partial charge on any atom is 0.418 e. The Kier molecular flexibility index (Phi) is 3.54. The quantitative estimate of drug-likeness (QED) is 0.632. The molecule has 23 heavy (non-hydrogen) atoms. The van der Waals surface area contributed by atoms with Crippen molar-refractivity contribution in [3.63, 3.8) is 0 Å². The van der Waals surface area contributed by atoms with Crippen LogP contribution < -0.4 is 0 Å². The van der Waals surface area contributed by atoms with Gasteiger partial charge in [-0.15, -0.1) is 0 Å². The molecular formula is C15H8F6N2. The van der Waals surface area contributed by atoms with E-state index in [1.807, 2.05) is 0 Å². The molecule has 0 saturated carbocycles. The Labute approximate surface area is 126 Å². The zero-order valence-corrected chi connectivity index (χ0v) is 11.3. The van der Waals surface area contributed by atoms with E-state index >= 15 is 0 Å². The van der Waals surface area contributed by atoms with Crippen LogP contribution in [-0.2, 0) is 12.7 Å². The van der Waals surface area contributed by atoms with E-state index in [0.717, 1.165) is 10.7 Å². The summed E-state index contributed by atoms with van der Waals surface area (Å²) in [4.78, 5) is 0. The van der Waals surface area contributed by atoms with Gasteiger partial charge in [-0.25, -0.2) is 13.2 Å². The summed E-state index contributed by atoms with van der Waals surface area (Å²) < 4.78 is 79.8. The Bertz CT molecular complexity index is 858. The van der Waals surface area contributed by atoms with Gasteiger partial charge in [-0.05, 0) is 6.07 Å². The molecule has 0 saturated heterocycles. The highest BCUT2D eigenvalue weighted by molar-refractivity contribution is 5.81. The third kappa shape index (κ3) is 2.88. The molecule has 0 atom stereocenters. The molecule has 1 heterocycles. The fourth-order valence-electron chi connectivity index (χ4n) is 2.29. The van der Waals surface area contributed by atoms with Crippen molar-refractivity contribution in [2.45, 2.75) is 12.7 Å². The lowest BCUT2D eigenvalue weighted by Crippen LogP contribution is -2.08. The molecule has 0 bridgehead atoms. The van der Waals surface area contributed by atoms with Crippen LogP contribution in [0.1, 0.15) is 11.1 Å². The SMILES string of the molecule is Fc1cc(F)c(Cn2cc3cccc(C(F)(F)F)c3n2)c(F)c1. The van der Waals surface area contributed by atoms with Gasteiger partial charge in [0.05, 0.1) is 12.1 Å². The number of benzene rings is 2. The van der Waals surface area contributed by atoms with Crippen molar-refractivity contribution in [3.05, 3.63) is 65.1 Å². The van der Waals surface area contributed by atoms with Gasteiger partial charge in [0.1, 0.15) is 23.0 Å². The molecule has 0 amide bonds. The molecule has 0 aliphatic rings. The Morgan fingerprint density at radius 2 is 1.65 bits per heavy atom. The lowest BCUT2D eigenvalue weighted by molar-refractivity contribution is -0.136. The zero-order chi connectivity index (χ0) is 16.8. The lowest BCUT2D eigenvalue weighted by Gasteiger charge is -2.07. The molecule has 0 spiro atoms. The summed E-state index contributed by atoms with van der Waals surface area (Å²) in [5, 5.41) is 3.93. The first-order chi connectivity index (χ1) is 10.8. The van der Waals surface area contributed by atoms with Gasteiger partial charge < -0.3 is 0 Å². The number of aromatic nitrogens is 2. The highest BCUT2D eigenvalue weighted by atomic mass is 19.4. The second-order valence-corrected chi connectivity index (χ2v) is 4.92. The average molecular weight is 330 g/mol. The fourth-order valence-corrected chi connectivity index (χ4v) is 2.29. The van der Waals surface area contributed by atoms with E-state index in [-0.39, 0.29) is 10.9 Å². The summed E-state index contributed by atoms with van der Waals surface area (Å²) in [5.41, 5.74) is -1.73. The molecule has 3 aromatic rings. The van der Waals surface area contributed by atoms with Crippen molar-refractivity contribution in [2.75, 3.05) is 0 Å². The van der Waals surface area contributed by atoms with Crippen LogP contribution in [0.3, 0.4) is 0 Å². The monoisotopic (exact) mass is 330 g/mol. The van der Waals surface area contributed by atoms with Gasteiger partial charge >= 0.3 is 6.18 Å². The summed E-state index contributed by atoms with van der Waals surface area (Å²) in [7, 11) is 0. The number of nitrogens with zero attached hydrogens (tertiary/aromatic N) is 2. The van der Waals surface area contributed by atoms with Crippen molar-refractivity contribution in [2.24, 2.45) is 0 Å². The van der Waals surface area contributed by atoms with E-state index < -0.39 is 41.3 Å². The molecular weight excluding hydrogens is 322 g/mol. The number of fused-ring (bicyclic) bond motifs is 1. The smallest absolute Gasteiger partial charge is 0.267 e. The fraction of sp³-hybridized carbons (Fsp3) is 0.133. The molecule has 0 fully saturated rings. The standard InChI is InChI=1S/C15H8F6N2/c16-9-4-12(17)10(13(18)5-9)7-23-6-8-2-1-3-11(14(8)22-23)15(19,20)21/h1-6H,7H2. The molecule has 2 nitrogen and oxygen atoms in total. The molecule has 0 aliphatic heterocycles. The number of hydrogen-bond acceptors (Lipinski definition) is 1. The van der Waals surface area contributed by atoms with Gasteiger partial charge in [-0.2, -0.15) is 18.3 Å². The van der Waals surface area contributed by atoms with Crippen molar-refractivity contribution < 1.29 is 26.3 Å². The van der Waals surface area contributed by atoms with Crippen LogP contribution in [0.15, 0.2) is 36.5 Å². The van der Waals surface area contributed by atoms with Crippen LogP contribution in [0.2, 0.25) is 0 Å². The first-order valence-corrected chi connectivity index (χ1v) is 6.42. The molecule has 0 unspecified atom stereocenters. The second-order valence-electron chi connectivity index (χ2n) is 4.92. The van der Waals surface area contributed by atoms with Crippen LogP contribution in [-0.4, -0.2) is 9.78 Å². The number of halogens is 6. The molecule has 1 aromatic heterocycles. The highest BCUT2D eigenvalue weighted by Gasteiger charge is 2.33. The minimum Gasteiger partial charge on any atom is -0.267 e. The normalized spacial score (nSPS) is 12.1. The molecule has 0 radical (unpaired) electrons. The van der Waals surface area contributed by atoms with Crippen LogP contribution in [0.5, 0.6) is 0 Å². The number of alkyl halides is 3. The summed E-state index contributed by atoms with van der Waals surface area (Å²) in [5.74, 6) is -3.33. The summed E-state index contributed by atoms with van der Waals surface area (Å²) in [6, 6.07) is 4.51. The van der Waals surface area contributed by atoms with Gasteiger partial charge in [-0.1, -0.05) is 12.1 Å². The largest absolute Gasteiger partial charge is 0.418 e. The maximum absolute atomic E-state index is 13.6. The summed E-state index contributed by atoms with van der Waals surface area (Å²) >= 11 is 0. The van der Waals surface area contributed by atoms with Crippen LogP contribution in [0, 0.1) is 17.5 Å². The molecule has 0 aliphatic carbocycles. The first kappa shape index (κ1) is 15.4. The van der Waals surface area contributed by atoms with Crippen LogP contribution in [0.4, 0.5) is 26.3 Å². The van der Waals surface area contributed by atoms with Gasteiger partial charge in [-0.3, -0.25) is 4.68 Å². The second kappa shape index (κ2) is 5.29. The molecule has 0 N–H and O–H groups in total. The van der Waals surface area contributed by atoms with Crippen molar-refractivity contribution in [1.82, 2.24) is 9.78 Å². The zero-order valence-electron chi connectivity index (χ0n) is 11.3. The van der Waals surface area contributed by atoms with Crippen LogP contribution >= 0.6 is 0 Å². The first-order valence-electron chi connectivity index (χ1n) is 6.42. The Hall–Kier alpha value is -2.51. The van der Waals surface area contributed by atoms with Gasteiger partial charge in [0.15, 0.2) is 0 Å². The minimum absolute atomic E-state index is 0.183. The van der Waals surface area contributed by atoms with E-state index in [2.05, 4.69) is 5.10 Å². The summed E-state index contributed by atoms with van der Waals surface area (Å²) in [6.07, 6.45) is -3.35. The van der Waals surface area contributed by atoms with E-state index in [1.165, 1.54) is 18.3 Å². The number of hydrogen-bond donors (Lipinski definition) is 0. The third-order valence-electron chi connectivity index (χ3n) is 3.32. The molecule has 2 aromatic carbocycles. The van der Waals surface area contributed by atoms with E-state index in [1.54, 1.807) is 0 Å². The van der Waals surface area contributed by atoms with E-state index in [9.17, 15) is 26.3 Å².